The molecule has 0 unspecified atom stereocenters. The molecule has 0 fully saturated rings. The fraction of sp³-hybridized carbons (Fsp3) is 0.375. The van der Waals surface area contributed by atoms with Crippen LogP contribution >= 0.6 is 0 Å². The molecule has 0 spiro atoms. The molecule has 1 heterocycles. The lowest BCUT2D eigenvalue weighted by molar-refractivity contribution is 0.537. The van der Waals surface area contributed by atoms with Crippen LogP contribution in [0.15, 0.2) is 23.1 Å². The van der Waals surface area contributed by atoms with Crippen LogP contribution in [-0.4, -0.2) is 4.57 Å². The van der Waals surface area contributed by atoms with Crippen molar-refractivity contribution in [2.75, 3.05) is 0 Å². The van der Waals surface area contributed by atoms with Gasteiger partial charge in [-0.3, -0.25) is 4.79 Å². The number of pyridine rings is 1. The molecular formula is C8H10FNO. The topological polar surface area (TPSA) is 22.0 Å². The molecule has 0 bridgehead atoms. The Bertz CT molecular complexity index is 303. The fourth-order valence-electron chi connectivity index (χ4n) is 0.880. The predicted molar refractivity (Wildman–Crippen MR) is 41.0 cm³/mol. The quantitative estimate of drug-likeness (QED) is 0.603. The highest BCUT2D eigenvalue weighted by molar-refractivity contribution is 4.97. The number of rotatable bonds is 1. The number of aromatic nitrogens is 1. The maximum absolute atomic E-state index is 12.5. The largest absolute Gasteiger partial charge is 0.310 e. The van der Waals surface area contributed by atoms with Crippen molar-refractivity contribution in [2.24, 2.45) is 0 Å². The van der Waals surface area contributed by atoms with E-state index in [1.807, 2.05) is 13.8 Å². The van der Waals surface area contributed by atoms with Gasteiger partial charge >= 0.3 is 0 Å². The summed E-state index contributed by atoms with van der Waals surface area (Å²) < 4.78 is 13.9. The van der Waals surface area contributed by atoms with E-state index in [2.05, 4.69) is 0 Å². The van der Waals surface area contributed by atoms with Crippen LogP contribution in [0.2, 0.25) is 0 Å². The summed E-state index contributed by atoms with van der Waals surface area (Å²) in [5, 5.41) is 0. The minimum Gasteiger partial charge on any atom is -0.310 e. The number of hydrogen-bond acceptors (Lipinski definition) is 1. The first-order chi connectivity index (χ1) is 5.11. The average Bonchev–Trinajstić information content (AvgIpc) is 1.94. The monoisotopic (exact) mass is 155 g/mol. The van der Waals surface area contributed by atoms with Crippen molar-refractivity contribution < 1.29 is 4.39 Å². The Morgan fingerprint density at radius 2 is 2.09 bits per heavy atom. The summed E-state index contributed by atoms with van der Waals surface area (Å²) in [4.78, 5) is 11.0. The highest BCUT2D eigenvalue weighted by Crippen LogP contribution is 2.00. The molecule has 0 aliphatic rings. The van der Waals surface area contributed by atoms with Gasteiger partial charge in [0.1, 0.15) is 5.82 Å². The normalized spacial score (nSPS) is 10.5. The van der Waals surface area contributed by atoms with Gasteiger partial charge in [0.25, 0.3) is 5.56 Å². The first-order valence-electron chi connectivity index (χ1n) is 3.49. The van der Waals surface area contributed by atoms with E-state index < -0.39 is 0 Å². The zero-order valence-electron chi connectivity index (χ0n) is 6.54. The molecular weight excluding hydrogens is 145 g/mol. The first kappa shape index (κ1) is 7.98. The second kappa shape index (κ2) is 2.86. The second-order valence-electron chi connectivity index (χ2n) is 2.69. The third-order valence-corrected chi connectivity index (χ3v) is 1.46. The van der Waals surface area contributed by atoms with Crippen LogP contribution in [0.3, 0.4) is 0 Å². The lowest BCUT2D eigenvalue weighted by atomic mass is 10.3. The van der Waals surface area contributed by atoms with Gasteiger partial charge in [0, 0.05) is 18.3 Å². The predicted octanol–water partition coefficient (Wildman–Crippen LogP) is 1.57. The van der Waals surface area contributed by atoms with Crippen LogP contribution in [0.1, 0.15) is 19.9 Å². The van der Waals surface area contributed by atoms with Crippen molar-refractivity contribution in [1.29, 1.82) is 0 Å². The summed E-state index contributed by atoms with van der Waals surface area (Å²) >= 11 is 0. The van der Waals surface area contributed by atoms with E-state index in [1.165, 1.54) is 22.9 Å². The van der Waals surface area contributed by atoms with Gasteiger partial charge in [0.05, 0.1) is 0 Å². The van der Waals surface area contributed by atoms with Gasteiger partial charge in [-0.15, -0.1) is 0 Å². The summed E-state index contributed by atoms with van der Waals surface area (Å²) in [5.74, 6) is -0.377. The van der Waals surface area contributed by atoms with E-state index >= 15 is 0 Å². The summed E-state index contributed by atoms with van der Waals surface area (Å²) in [6.07, 6.45) is 1.22. The van der Waals surface area contributed by atoms with E-state index in [1.54, 1.807) is 0 Å². The molecule has 0 aromatic carbocycles. The van der Waals surface area contributed by atoms with Crippen LogP contribution in [0.4, 0.5) is 4.39 Å². The lowest BCUT2D eigenvalue weighted by Gasteiger charge is -2.07. The third kappa shape index (κ3) is 1.67. The lowest BCUT2D eigenvalue weighted by Crippen LogP contribution is -2.20. The van der Waals surface area contributed by atoms with E-state index in [-0.39, 0.29) is 17.4 Å². The summed E-state index contributed by atoms with van der Waals surface area (Å²) in [6.45, 7) is 3.67. The van der Waals surface area contributed by atoms with Gasteiger partial charge < -0.3 is 4.57 Å². The molecule has 0 atom stereocenters. The maximum Gasteiger partial charge on any atom is 0.250 e. The minimum absolute atomic E-state index is 0.0122. The van der Waals surface area contributed by atoms with Gasteiger partial charge in [-0.25, -0.2) is 4.39 Å². The maximum atomic E-state index is 12.5. The highest BCUT2D eigenvalue weighted by atomic mass is 19.1. The van der Waals surface area contributed by atoms with E-state index in [0.29, 0.717) is 0 Å². The molecule has 0 aliphatic heterocycles. The summed E-state index contributed by atoms with van der Waals surface area (Å²) in [6, 6.07) is 2.41. The van der Waals surface area contributed by atoms with Crippen molar-refractivity contribution in [2.45, 2.75) is 19.9 Å². The molecule has 0 saturated heterocycles. The zero-order valence-corrected chi connectivity index (χ0v) is 6.54. The molecule has 0 saturated carbocycles. The summed E-state index contributed by atoms with van der Waals surface area (Å²) in [5.41, 5.74) is -0.165. The van der Waals surface area contributed by atoms with Gasteiger partial charge in [0.15, 0.2) is 0 Å². The van der Waals surface area contributed by atoms with E-state index in [0.717, 1.165) is 0 Å². The Labute approximate surface area is 64.3 Å². The fourth-order valence-corrected chi connectivity index (χ4v) is 0.880. The van der Waals surface area contributed by atoms with E-state index in [4.69, 9.17) is 0 Å². The van der Waals surface area contributed by atoms with Crippen LogP contribution in [0.5, 0.6) is 0 Å². The second-order valence-corrected chi connectivity index (χ2v) is 2.69. The van der Waals surface area contributed by atoms with Gasteiger partial charge in [0.2, 0.25) is 0 Å². The van der Waals surface area contributed by atoms with E-state index in [9.17, 15) is 9.18 Å². The molecule has 0 radical (unpaired) electrons. The Kier molecular flexibility index (Phi) is 2.08. The standard InChI is InChI=1S/C8H10FNO/c1-6(2)10-5-7(9)3-4-8(10)11/h3-6H,1-2H3. The molecule has 0 N–H and O–H groups in total. The molecule has 11 heavy (non-hydrogen) atoms. The van der Waals surface area contributed by atoms with Crippen LogP contribution in [0.25, 0.3) is 0 Å². The molecule has 1 rings (SSSR count). The third-order valence-electron chi connectivity index (χ3n) is 1.46. The Hall–Kier alpha value is -1.12. The Morgan fingerprint density at radius 3 is 2.55 bits per heavy atom. The molecule has 0 aliphatic carbocycles. The molecule has 0 amide bonds. The first-order valence-corrected chi connectivity index (χ1v) is 3.49. The van der Waals surface area contributed by atoms with Crippen LogP contribution in [-0.2, 0) is 0 Å². The number of nitrogens with zero attached hydrogens (tertiary/aromatic N) is 1. The molecule has 1 aromatic heterocycles. The molecule has 60 valence electrons. The van der Waals surface area contributed by atoms with Crippen LogP contribution < -0.4 is 5.56 Å². The highest BCUT2D eigenvalue weighted by Gasteiger charge is 2.00. The summed E-state index contributed by atoms with van der Waals surface area (Å²) in [7, 11) is 0. The van der Waals surface area contributed by atoms with Gasteiger partial charge in [-0.2, -0.15) is 0 Å². The van der Waals surface area contributed by atoms with Gasteiger partial charge in [-0.05, 0) is 19.9 Å². The van der Waals surface area contributed by atoms with Crippen molar-refractivity contribution in [3.05, 3.63) is 34.5 Å². The van der Waals surface area contributed by atoms with Crippen molar-refractivity contribution >= 4 is 0 Å². The molecule has 1 aromatic rings. The molecule has 3 heteroatoms. The minimum atomic E-state index is -0.377. The Balaban J connectivity index is 3.24. The number of halogens is 1. The van der Waals surface area contributed by atoms with Crippen molar-refractivity contribution in [1.82, 2.24) is 4.57 Å². The Morgan fingerprint density at radius 1 is 1.45 bits per heavy atom. The molecule has 2 nitrogen and oxygen atoms in total. The zero-order chi connectivity index (χ0) is 8.43. The van der Waals surface area contributed by atoms with Gasteiger partial charge in [-0.1, -0.05) is 0 Å². The smallest absolute Gasteiger partial charge is 0.250 e. The SMILES string of the molecule is CC(C)n1cc(F)ccc1=O. The average molecular weight is 155 g/mol. The van der Waals surface area contributed by atoms with Crippen molar-refractivity contribution in [3.8, 4) is 0 Å². The number of hydrogen-bond donors (Lipinski definition) is 0. The van der Waals surface area contributed by atoms with Crippen LogP contribution in [0, 0.1) is 5.82 Å². The van der Waals surface area contributed by atoms with Crippen molar-refractivity contribution in [3.63, 3.8) is 0 Å².